The minimum absolute atomic E-state index is 0.644. The smallest absolute Gasteiger partial charge is 0.0545 e. The molecule has 0 aromatic carbocycles. The van der Waals surface area contributed by atoms with E-state index in [1.807, 2.05) is 12.1 Å². The van der Waals surface area contributed by atoms with Crippen molar-refractivity contribution in [3.63, 3.8) is 0 Å². The molecule has 3 atom stereocenters. The Labute approximate surface area is 104 Å². The van der Waals surface area contributed by atoms with E-state index in [0.717, 1.165) is 29.8 Å². The summed E-state index contributed by atoms with van der Waals surface area (Å²) in [5.41, 5.74) is 7.51. The van der Waals surface area contributed by atoms with Gasteiger partial charge in [-0.15, -0.1) is 0 Å². The lowest BCUT2D eigenvalue weighted by molar-refractivity contribution is 0.0718. The number of piperidine rings is 1. The summed E-state index contributed by atoms with van der Waals surface area (Å²) in [4.78, 5) is 6.93. The van der Waals surface area contributed by atoms with Crippen LogP contribution < -0.4 is 5.73 Å². The van der Waals surface area contributed by atoms with E-state index >= 15 is 0 Å². The summed E-state index contributed by atoms with van der Waals surface area (Å²) in [6.45, 7) is 9.14. The molecule has 1 aliphatic heterocycles. The van der Waals surface area contributed by atoms with E-state index in [0.29, 0.717) is 6.04 Å². The standard InChI is InChI=1S/C14H23N3/c1-10-6-11(2)12(3)17(8-10)9-14-5-4-13(15)7-16-14/h4-5,7,10-12H,6,8-9,15H2,1-3H3. The van der Waals surface area contributed by atoms with Crippen LogP contribution in [0.1, 0.15) is 32.9 Å². The van der Waals surface area contributed by atoms with Crippen molar-refractivity contribution in [2.75, 3.05) is 12.3 Å². The van der Waals surface area contributed by atoms with Gasteiger partial charge in [0.15, 0.2) is 0 Å². The zero-order chi connectivity index (χ0) is 12.4. The first kappa shape index (κ1) is 12.4. The molecule has 0 saturated carbocycles. The fraction of sp³-hybridized carbons (Fsp3) is 0.643. The molecule has 1 aliphatic rings. The van der Waals surface area contributed by atoms with Gasteiger partial charge in [0, 0.05) is 19.1 Å². The van der Waals surface area contributed by atoms with Crippen molar-refractivity contribution in [1.82, 2.24) is 9.88 Å². The van der Waals surface area contributed by atoms with Crippen molar-refractivity contribution in [3.8, 4) is 0 Å². The molecule has 1 saturated heterocycles. The number of aromatic nitrogens is 1. The lowest BCUT2D eigenvalue weighted by Crippen LogP contribution is -2.45. The molecule has 17 heavy (non-hydrogen) atoms. The van der Waals surface area contributed by atoms with Gasteiger partial charge in [0.25, 0.3) is 0 Å². The van der Waals surface area contributed by atoms with Crippen LogP contribution in [-0.4, -0.2) is 22.5 Å². The molecule has 0 amide bonds. The van der Waals surface area contributed by atoms with Crippen LogP contribution in [0.3, 0.4) is 0 Å². The van der Waals surface area contributed by atoms with E-state index in [4.69, 9.17) is 5.73 Å². The van der Waals surface area contributed by atoms with Crippen LogP contribution >= 0.6 is 0 Å². The number of likely N-dealkylation sites (tertiary alicyclic amines) is 1. The largest absolute Gasteiger partial charge is 0.397 e. The normalized spacial score (nSPS) is 30.4. The van der Waals surface area contributed by atoms with Gasteiger partial charge in [0.2, 0.25) is 0 Å². The minimum Gasteiger partial charge on any atom is -0.397 e. The number of nitrogen functional groups attached to an aromatic ring is 1. The van der Waals surface area contributed by atoms with Crippen LogP contribution in [-0.2, 0) is 6.54 Å². The van der Waals surface area contributed by atoms with Crippen molar-refractivity contribution in [2.45, 2.75) is 39.8 Å². The second kappa shape index (κ2) is 5.05. The summed E-state index contributed by atoms with van der Waals surface area (Å²) >= 11 is 0. The van der Waals surface area contributed by atoms with Crippen LogP contribution in [0.2, 0.25) is 0 Å². The number of anilines is 1. The van der Waals surface area contributed by atoms with Crippen LogP contribution in [0, 0.1) is 11.8 Å². The summed E-state index contributed by atoms with van der Waals surface area (Å²) in [6.07, 6.45) is 3.09. The Bertz CT molecular complexity index is 360. The van der Waals surface area contributed by atoms with Gasteiger partial charge in [0.05, 0.1) is 17.6 Å². The van der Waals surface area contributed by atoms with Crippen molar-refractivity contribution in [3.05, 3.63) is 24.0 Å². The van der Waals surface area contributed by atoms with Crippen molar-refractivity contribution in [2.24, 2.45) is 11.8 Å². The Kier molecular flexibility index (Phi) is 3.67. The van der Waals surface area contributed by atoms with E-state index in [1.54, 1.807) is 6.20 Å². The maximum Gasteiger partial charge on any atom is 0.0545 e. The zero-order valence-corrected chi connectivity index (χ0v) is 11.1. The number of nitrogens with zero attached hydrogens (tertiary/aromatic N) is 2. The van der Waals surface area contributed by atoms with Gasteiger partial charge in [-0.2, -0.15) is 0 Å². The molecular formula is C14H23N3. The number of rotatable bonds is 2. The molecule has 3 unspecified atom stereocenters. The molecular weight excluding hydrogens is 210 g/mol. The Balaban J connectivity index is 2.04. The fourth-order valence-electron chi connectivity index (χ4n) is 2.78. The zero-order valence-electron chi connectivity index (χ0n) is 11.1. The first-order valence-corrected chi connectivity index (χ1v) is 6.50. The molecule has 1 fully saturated rings. The maximum absolute atomic E-state index is 5.66. The quantitative estimate of drug-likeness (QED) is 0.853. The van der Waals surface area contributed by atoms with Crippen LogP contribution in [0.25, 0.3) is 0 Å². The Morgan fingerprint density at radius 2 is 2.12 bits per heavy atom. The summed E-state index contributed by atoms with van der Waals surface area (Å²) in [5.74, 6) is 1.56. The summed E-state index contributed by atoms with van der Waals surface area (Å²) in [6, 6.07) is 4.61. The highest BCUT2D eigenvalue weighted by Crippen LogP contribution is 2.27. The van der Waals surface area contributed by atoms with Gasteiger partial charge < -0.3 is 5.73 Å². The average molecular weight is 233 g/mol. The van der Waals surface area contributed by atoms with Crippen LogP contribution in [0.4, 0.5) is 5.69 Å². The molecule has 0 aliphatic carbocycles. The van der Waals surface area contributed by atoms with E-state index in [-0.39, 0.29) is 0 Å². The SMILES string of the molecule is CC1CC(C)C(C)N(Cc2ccc(N)cn2)C1. The molecule has 0 radical (unpaired) electrons. The average Bonchev–Trinajstić information content (AvgIpc) is 2.28. The van der Waals surface area contributed by atoms with Crippen LogP contribution in [0.15, 0.2) is 18.3 Å². The van der Waals surface area contributed by atoms with Crippen molar-refractivity contribution < 1.29 is 0 Å². The molecule has 94 valence electrons. The number of hydrogen-bond donors (Lipinski definition) is 1. The molecule has 3 heteroatoms. The predicted octanol–water partition coefficient (Wildman–Crippen LogP) is 2.53. The Morgan fingerprint density at radius 3 is 2.76 bits per heavy atom. The topological polar surface area (TPSA) is 42.1 Å². The summed E-state index contributed by atoms with van der Waals surface area (Å²) in [7, 11) is 0. The van der Waals surface area contributed by atoms with Gasteiger partial charge in [-0.25, -0.2) is 0 Å². The maximum atomic E-state index is 5.66. The highest BCUT2D eigenvalue weighted by Gasteiger charge is 2.28. The number of pyridine rings is 1. The van der Waals surface area contributed by atoms with Gasteiger partial charge in [-0.3, -0.25) is 9.88 Å². The third-order valence-corrected chi connectivity index (χ3v) is 3.93. The molecule has 3 nitrogen and oxygen atoms in total. The van der Waals surface area contributed by atoms with Gasteiger partial charge in [-0.05, 0) is 37.3 Å². The summed E-state index contributed by atoms with van der Waals surface area (Å²) < 4.78 is 0. The third kappa shape index (κ3) is 2.97. The van der Waals surface area contributed by atoms with E-state index in [1.165, 1.54) is 13.0 Å². The first-order valence-electron chi connectivity index (χ1n) is 6.50. The van der Waals surface area contributed by atoms with Crippen molar-refractivity contribution in [1.29, 1.82) is 0 Å². The molecule has 2 rings (SSSR count). The highest BCUT2D eigenvalue weighted by atomic mass is 15.2. The van der Waals surface area contributed by atoms with E-state index in [2.05, 4.69) is 30.7 Å². The molecule has 2 heterocycles. The molecule has 1 aromatic rings. The Morgan fingerprint density at radius 1 is 1.35 bits per heavy atom. The molecule has 0 spiro atoms. The molecule has 1 aromatic heterocycles. The van der Waals surface area contributed by atoms with Gasteiger partial charge >= 0.3 is 0 Å². The second-order valence-electron chi connectivity index (χ2n) is 5.57. The Hall–Kier alpha value is -1.09. The van der Waals surface area contributed by atoms with Gasteiger partial charge in [0.1, 0.15) is 0 Å². The monoisotopic (exact) mass is 233 g/mol. The number of hydrogen-bond acceptors (Lipinski definition) is 3. The first-order chi connectivity index (χ1) is 8.06. The molecule has 2 N–H and O–H groups in total. The van der Waals surface area contributed by atoms with Crippen molar-refractivity contribution >= 4 is 5.69 Å². The third-order valence-electron chi connectivity index (χ3n) is 3.93. The minimum atomic E-state index is 0.644. The number of nitrogens with two attached hydrogens (primary N) is 1. The fourth-order valence-corrected chi connectivity index (χ4v) is 2.78. The summed E-state index contributed by atoms with van der Waals surface area (Å²) in [5, 5.41) is 0. The predicted molar refractivity (Wildman–Crippen MR) is 71.5 cm³/mol. The second-order valence-corrected chi connectivity index (χ2v) is 5.57. The van der Waals surface area contributed by atoms with E-state index in [9.17, 15) is 0 Å². The van der Waals surface area contributed by atoms with Gasteiger partial charge in [-0.1, -0.05) is 13.8 Å². The lowest BCUT2D eigenvalue weighted by atomic mass is 9.86. The molecule has 0 bridgehead atoms. The highest BCUT2D eigenvalue weighted by molar-refractivity contribution is 5.34. The lowest BCUT2D eigenvalue weighted by Gasteiger charge is -2.40. The van der Waals surface area contributed by atoms with Crippen LogP contribution in [0.5, 0.6) is 0 Å². The van der Waals surface area contributed by atoms with E-state index < -0.39 is 0 Å².